The van der Waals surface area contributed by atoms with E-state index in [4.69, 9.17) is 5.73 Å². The zero-order valence-corrected chi connectivity index (χ0v) is 9.84. The Bertz CT molecular complexity index is 579. The maximum Gasteiger partial charge on any atom is 0.257 e. The highest BCUT2D eigenvalue weighted by Crippen LogP contribution is 2.19. The number of aromatic nitrogens is 1. The summed E-state index contributed by atoms with van der Waals surface area (Å²) in [6, 6.07) is 7.78. The number of nitrogens with one attached hydrogen (secondary N) is 1. The first-order valence-electron chi connectivity index (χ1n) is 5.39. The normalized spacial score (nSPS) is 10.1. The number of nitrogens with zero attached hydrogens (tertiary/aromatic N) is 1. The van der Waals surface area contributed by atoms with E-state index in [1.807, 2.05) is 6.92 Å². The Morgan fingerprint density at radius 1 is 1.33 bits per heavy atom. The molecular weight excluding hydrogens is 230 g/mol. The molecule has 2 aromatic rings. The molecule has 0 unspecified atom stereocenters. The van der Waals surface area contributed by atoms with Crippen molar-refractivity contribution < 1.29 is 9.90 Å². The third-order valence-corrected chi connectivity index (χ3v) is 2.45. The van der Waals surface area contributed by atoms with E-state index in [0.29, 0.717) is 11.4 Å². The number of carbonyl (C=O) groups excluding carboxylic acids is 1. The van der Waals surface area contributed by atoms with E-state index in [1.165, 1.54) is 18.2 Å². The van der Waals surface area contributed by atoms with E-state index in [1.54, 1.807) is 18.3 Å². The minimum Gasteiger partial charge on any atom is -0.508 e. The number of anilines is 2. The zero-order valence-electron chi connectivity index (χ0n) is 9.84. The zero-order chi connectivity index (χ0) is 13.1. The highest BCUT2D eigenvalue weighted by molar-refractivity contribution is 6.07. The lowest BCUT2D eigenvalue weighted by molar-refractivity contribution is 0.102. The second-order valence-electron chi connectivity index (χ2n) is 3.91. The Hall–Kier alpha value is -2.56. The van der Waals surface area contributed by atoms with Gasteiger partial charge in [0, 0.05) is 11.4 Å². The van der Waals surface area contributed by atoms with Crippen LogP contribution in [-0.2, 0) is 0 Å². The second kappa shape index (κ2) is 4.75. The number of aryl methyl sites for hydroxylation is 1. The van der Waals surface area contributed by atoms with Gasteiger partial charge in [-0.1, -0.05) is 0 Å². The fourth-order valence-electron chi connectivity index (χ4n) is 1.48. The highest BCUT2D eigenvalue weighted by Gasteiger charge is 2.10. The average molecular weight is 243 g/mol. The third kappa shape index (κ3) is 2.57. The van der Waals surface area contributed by atoms with Gasteiger partial charge in [0.05, 0.1) is 17.4 Å². The summed E-state index contributed by atoms with van der Waals surface area (Å²) < 4.78 is 0. The highest BCUT2D eigenvalue weighted by atomic mass is 16.3. The van der Waals surface area contributed by atoms with Crippen molar-refractivity contribution in [3.8, 4) is 5.75 Å². The fraction of sp³-hybridized carbons (Fsp3) is 0.0769. The van der Waals surface area contributed by atoms with Gasteiger partial charge in [-0.2, -0.15) is 0 Å². The Morgan fingerprint density at radius 2 is 2.11 bits per heavy atom. The Balaban J connectivity index is 2.21. The smallest absolute Gasteiger partial charge is 0.257 e. The molecule has 92 valence electrons. The largest absolute Gasteiger partial charge is 0.508 e. The van der Waals surface area contributed by atoms with Gasteiger partial charge in [-0.15, -0.1) is 0 Å². The quantitative estimate of drug-likeness (QED) is 0.555. The number of pyridine rings is 1. The lowest BCUT2D eigenvalue weighted by Gasteiger charge is -2.07. The molecule has 5 heteroatoms. The van der Waals surface area contributed by atoms with Crippen LogP contribution in [-0.4, -0.2) is 16.0 Å². The van der Waals surface area contributed by atoms with E-state index in [9.17, 15) is 9.90 Å². The summed E-state index contributed by atoms with van der Waals surface area (Å²) in [6.07, 6.45) is 1.56. The molecule has 5 nitrogen and oxygen atoms in total. The molecule has 0 fully saturated rings. The van der Waals surface area contributed by atoms with E-state index in [2.05, 4.69) is 10.3 Å². The van der Waals surface area contributed by atoms with Crippen LogP contribution in [0.25, 0.3) is 0 Å². The summed E-state index contributed by atoms with van der Waals surface area (Å²) >= 11 is 0. The fourth-order valence-corrected chi connectivity index (χ4v) is 1.48. The first-order valence-corrected chi connectivity index (χ1v) is 5.39. The van der Waals surface area contributed by atoms with Gasteiger partial charge in [0.2, 0.25) is 0 Å². The summed E-state index contributed by atoms with van der Waals surface area (Å²) in [5.74, 6) is -0.384. The van der Waals surface area contributed by atoms with Gasteiger partial charge in [-0.05, 0) is 37.3 Å². The first-order chi connectivity index (χ1) is 8.56. The number of carbonyl (C=O) groups is 1. The molecule has 0 saturated carbocycles. The molecule has 0 atom stereocenters. The van der Waals surface area contributed by atoms with Crippen LogP contribution in [0.3, 0.4) is 0 Å². The van der Waals surface area contributed by atoms with Crippen molar-refractivity contribution in [2.24, 2.45) is 0 Å². The lowest BCUT2D eigenvalue weighted by atomic mass is 10.1. The summed E-state index contributed by atoms with van der Waals surface area (Å²) in [4.78, 5) is 16.0. The molecule has 1 aromatic heterocycles. The summed E-state index contributed by atoms with van der Waals surface area (Å²) in [5, 5.41) is 12.0. The van der Waals surface area contributed by atoms with Crippen LogP contribution in [0.5, 0.6) is 5.75 Å². The SMILES string of the molecule is Cc1ccc(NC(=O)c2cc(O)ccc2N)cn1. The predicted octanol–water partition coefficient (Wildman–Crippen LogP) is 1.93. The number of rotatable bonds is 2. The van der Waals surface area contributed by atoms with E-state index < -0.39 is 0 Å². The Kier molecular flexibility index (Phi) is 3.14. The predicted molar refractivity (Wildman–Crippen MR) is 69.4 cm³/mol. The molecule has 1 amide bonds. The summed E-state index contributed by atoms with van der Waals surface area (Å²) in [6.45, 7) is 1.86. The molecule has 1 heterocycles. The standard InChI is InChI=1S/C13H13N3O2/c1-8-2-3-9(7-15-8)16-13(18)11-6-10(17)4-5-12(11)14/h2-7,17H,14H2,1H3,(H,16,18). The van der Waals surface area contributed by atoms with Crippen molar-refractivity contribution in [3.05, 3.63) is 47.8 Å². The van der Waals surface area contributed by atoms with E-state index >= 15 is 0 Å². The number of aromatic hydroxyl groups is 1. The number of phenolic OH excluding ortho intramolecular Hbond substituents is 1. The number of nitrogen functional groups attached to an aromatic ring is 1. The number of phenols is 1. The van der Waals surface area contributed by atoms with Gasteiger partial charge in [0.15, 0.2) is 0 Å². The van der Waals surface area contributed by atoms with Crippen molar-refractivity contribution in [2.45, 2.75) is 6.92 Å². The molecule has 0 saturated heterocycles. The van der Waals surface area contributed by atoms with Crippen molar-refractivity contribution >= 4 is 17.3 Å². The minimum absolute atomic E-state index is 0.00335. The molecule has 0 aliphatic heterocycles. The molecule has 1 aromatic carbocycles. The number of hydrogen-bond acceptors (Lipinski definition) is 4. The van der Waals surface area contributed by atoms with Gasteiger partial charge in [-0.3, -0.25) is 9.78 Å². The lowest BCUT2D eigenvalue weighted by Crippen LogP contribution is -2.14. The maximum atomic E-state index is 11.9. The topological polar surface area (TPSA) is 88.2 Å². The van der Waals surface area contributed by atoms with Gasteiger partial charge < -0.3 is 16.2 Å². The van der Waals surface area contributed by atoms with Crippen LogP contribution in [0, 0.1) is 6.92 Å². The molecule has 0 aliphatic carbocycles. The van der Waals surface area contributed by atoms with E-state index in [-0.39, 0.29) is 17.2 Å². The molecule has 18 heavy (non-hydrogen) atoms. The molecule has 0 bridgehead atoms. The van der Waals surface area contributed by atoms with Crippen molar-refractivity contribution in [1.82, 2.24) is 4.98 Å². The summed E-state index contributed by atoms with van der Waals surface area (Å²) in [7, 11) is 0. The molecule has 0 aliphatic rings. The van der Waals surface area contributed by atoms with E-state index in [0.717, 1.165) is 5.69 Å². The summed E-state index contributed by atoms with van der Waals surface area (Å²) in [5.41, 5.74) is 7.67. The van der Waals surface area contributed by atoms with Gasteiger partial charge in [0.25, 0.3) is 5.91 Å². The van der Waals surface area contributed by atoms with Gasteiger partial charge >= 0.3 is 0 Å². The average Bonchev–Trinajstić information content (AvgIpc) is 2.35. The number of hydrogen-bond donors (Lipinski definition) is 3. The Labute approximate surface area is 104 Å². The minimum atomic E-state index is -0.381. The van der Waals surface area contributed by atoms with Crippen LogP contribution < -0.4 is 11.1 Å². The van der Waals surface area contributed by atoms with Crippen molar-refractivity contribution in [3.63, 3.8) is 0 Å². The van der Waals surface area contributed by atoms with Crippen LogP contribution in [0.15, 0.2) is 36.5 Å². The molecule has 4 N–H and O–H groups in total. The van der Waals surface area contributed by atoms with Crippen LogP contribution in [0.1, 0.15) is 16.1 Å². The van der Waals surface area contributed by atoms with Crippen LogP contribution >= 0.6 is 0 Å². The van der Waals surface area contributed by atoms with Gasteiger partial charge in [-0.25, -0.2) is 0 Å². The van der Waals surface area contributed by atoms with Crippen molar-refractivity contribution in [2.75, 3.05) is 11.1 Å². The van der Waals surface area contributed by atoms with Gasteiger partial charge in [0.1, 0.15) is 5.75 Å². The van der Waals surface area contributed by atoms with Crippen LogP contribution in [0.2, 0.25) is 0 Å². The second-order valence-corrected chi connectivity index (χ2v) is 3.91. The van der Waals surface area contributed by atoms with Crippen LogP contribution in [0.4, 0.5) is 11.4 Å². The molecular formula is C13H13N3O2. The molecule has 0 radical (unpaired) electrons. The molecule has 0 spiro atoms. The Morgan fingerprint density at radius 3 is 2.78 bits per heavy atom. The number of nitrogens with two attached hydrogens (primary N) is 1. The first kappa shape index (κ1) is 11.9. The molecule has 2 rings (SSSR count). The van der Waals surface area contributed by atoms with Crippen molar-refractivity contribution in [1.29, 1.82) is 0 Å². The number of amides is 1. The number of benzene rings is 1. The third-order valence-electron chi connectivity index (χ3n) is 2.45. The maximum absolute atomic E-state index is 11.9. The monoisotopic (exact) mass is 243 g/mol.